The maximum Gasteiger partial charge on any atom is 0.416 e. The second kappa shape index (κ2) is 7.47. The molecule has 0 bridgehead atoms. The number of rotatable bonds is 4. The summed E-state index contributed by atoms with van der Waals surface area (Å²) in [6.45, 7) is 0. The van der Waals surface area contributed by atoms with Crippen LogP contribution in [-0.2, 0) is 13.2 Å². The van der Waals surface area contributed by atoms with Crippen LogP contribution < -0.4 is 5.32 Å². The van der Waals surface area contributed by atoms with Crippen molar-refractivity contribution in [2.45, 2.75) is 6.18 Å². The fraction of sp³-hybridized carbons (Fsp3) is 0.100. The quantitative estimate of drug-likeness (QED) is 0.551. The number of amides is 1. The lowest BCUT2D eigenvalue weighted by molar-refractivity contribution is -0.137. The molecule has 4 rings (SSSR count). The van der Waals surface area contributed by atoms with E-state index in [1.165, 1.54) is 16.8 Å². The predicted molar refractivity (Wildman–Crippen MR) is 103 cm³/mol. The average molecular weight is 412 g/mol. The van der Waals surface area contributed by atoms with Gasteiger partial charge < -0.3 is 9.88 Å². The molecule has 7 nitrogen and oxygen atoms in total. The van der Waals surface area contributed by atoms with Gasteiger partial charge in [-0.15, -0.1) is 5.10 Å². The molecule has 1 amide bonds. The molecule has 152 valence electrons. The third kappa shape index (κ3) is 3.93. The predicted octanol–water partition coefficient (Wildman–Crippen LogP) is 3.94. The van der Waals surface area contributed by atoms with Crippen LogP contribution in [0.2, 0.25) is 0 Å². The highest BCUT2D eigenvalue weighted by atomic mass is 19.4. The molecule has 2 heterocycles. The highest BCUT2D eigenvalue weighted by Gasteiger charge is 2.30. The zero-order valence-electron chi connectivity index (χ0n) is 15.6. The van der Waals surface area contributed by atoms with Crippen LogP contribution in [-0.4, -0.2) is 30.5 Å². The van der Waals surface area contributed by atoms with Gasteiger partial charge in [0.25, 0.3) is 5.91 Å². The summed E-state index contributed by atoms with van der Waals surface area (Å²) in [5, 5.41) is 10.7. The molecule has 0 aliphatic heterocycles. The van der Waals surface area contributed by atoms with Gasteiger partial charge in [-0.2, -0.15) is 13.2 Å². The summed E-state index contributed by atoms with van der Waals surface area (Å²) in [6, 6.07) is 11.0. The number of hydrogen-bond donors (Lipinski definition) is 1. The Morgan fingerprint density at radius 2 is 1.90 bits per heavy atom. The van der Waals surface area contributed by atoms with Crippen LogP contribution in [0.4, 0.5) is 18.9 Å². The van der Waals surface area contributed by atoms with Crippen LogP contribution in [0.1, 0.15) is 15.9 Å². The Balaban J connectivity index is 1.56. The van der Waals surface area contributed by atoms with Crippen molar-refractivity contribution >= 4 is 11.6 Å². The van der Waals surface area contributed by atoms with Crippen molar-refractivity contribution in [3.05, 3.63) is 78.4 Å². The van der Waals surface area contributed by atoms with Crippen molar-refractivity contribution in [1.82, 2.24) is 24.5 Å². The third-order valence-electron chi connectivity index (χ3n) is 4.39. The van der Waals surface area contributed by atoms with Crippen molar-refractivity contribution in [3.8, 4) is 17.1 Å². The van der Waals surface area contributed by atoms with Gasteiger partial charge in [0, 0.05) is 18.3 Å². The Kier molecular flexibility index (Phi) is 4.82. The van der Waals surface area contributed by atoms with Crippen LogP contribution in [0.15, 0.2) is 67.3 Å². The van der Waals surface area contributed by atoms with E-state index in [2.05, 4.69) is 20.6 Å². The number of halogens is 3. The average Bonchev–Trinajstić information content (AvgIpc) is 3.36. The number of alkyl halides is 3. The van der Waals surface area contributed by atoms with Crippen molar-refractivity contribution < 1.29 is 18.0 Å². The molecule has 2 aromatic carbocycles. The fourth-order valence-corrected chi connectivity index (χ4v) is 2.88. The number of anilines is 1. The topological polar surface area (TPSA) is 77.6 Å². The minimum absolute atomic E-state index is 0.0551. The Hall–Kier alpha value is -3.95. The van der Waals surface area contributed by atoms with Crippen molar-refractivity contribution in [3.63, 3.8) is 0 Å². The molecule has 1 N–H and O–H groups in total. The Labute approximate surface area is 168 Å². The van der Waals surface area contributed by atoms with Gasteiger partial charge in [-0.3, -0.25) is 4.79 Å². The van der Waals surface area contributed by atoms with Crippen molar-refractivity contribution in [1.29, 1.82) is 0 Å². The van der Waals surface area contributed by atoms with Gasteiger partial charge >= 0.3 is 6.18 Å². The zero-order chi connectivity index (χ0) is 21.3. The minimum Gasteiger partial charge on any atom is -0.332 e. The summed E-state index contributed by atoms with van der Waals surface area (Å²) < 4.78 is 41.9. The van der Waals surface area contributed by atoms with Gasteiger partial charge in [0.05, 0.1) is 35.7 Å². The van der Waals surface area contributed by atoms with Crippen molar-refractivity contribution in [2.24, 2.45) is 7.05 Å². The zero-order valence-corrected chi connectivity index (χ0v) is 15.6. The molecule has 0 atom stereocenters. The number of aryl methyl sites for hydroxylation is 1. The molecular weight excluding hydrogens is 397 g/mol. The largest absolute Gasteiger partial charge is 0.416 e. The monoisotopic (exact) mass is 412 g/mol. The van der Waals surface area contributed by atoms with Gasteiger partial charge in [-0.05, 0) is 36.4 Å². The molecule has 0 radical (unpaired) electrons. The normalized spacial score (nSPS) is 11.5. The molecule has 10 heteroatoms. The number of carbonyl (C=O) groups is 1. The van der Waals surface area contributed by atoms with Gasteiger partial charge in [-0.1, -0.05) is 17.3 Å². The SMILES string of the molecule is Cn1cncc1-c1cn(-c2cccc(C(=O)Nc3cccc(C(F)(F)F)c3)c2)nn1. The number of aromatic nitrogens is 5. The van der Waals surface area contributed by atoms with Gasteiger partial charge in [0.15, 0.2) is 0 Å². The first kappa shape index (κ1) is 19.4. The van der Waals surface area contributed by atoms with Crippen LogP contribution in [0.3, 0.4) is 0 Å². The van der Waals surface area contributed by atoms with Crippen LogP contribution in [0.25, 0.3) is 17.1 Å². The Morgan fingerprint density at radius 1 is 1.10 bits per heavy atom. The van der Waals surface area contributed by atoms with Crippen LogP contribution >= 0.6 is 0 Å². The molecule has 0 aliphatic rings. The molecular formula is C20H15F3N6O. The number of nitrogens with one attached hydrogen (secondary N) is 1. The van der Waals surface area contributed by atoms with Gasteiger partial charge in [0.2, 0.25) is 0 Å². The standard InChI is InChI=1S/C20H15F3N6O/c1-28-12-24-10-18(28)17-11-29(27-26-17)16-7-2-4-13(8-16)19(30)25-15-6-3-5-14(9-15)20(21,22)23/h2-12H,1H3,(H,25,30). The number of imidazole rings is 1. The molecule has 0 saturated heterocycles. The van der Waals surface area contributed by atoms with E-state index >= 15 is 0 Å². The fourth-order valence-electron chi connectivity index (χ4n) is 2.88. The molecule has 0 unspecified atom stereocenters. The molecule has 2 aromatic heterocycles. The van der Waals surface area contributed by atoms with E-state index in [0.717, 1.165) is 17.8 Å². The summed E-state index contributed by atoms with van der Waals surface area (Å²) >= 11 is 0. The lowest BCUT2D eigenvalue weighted by atomic mass is 10.1. The molecule has 30 heavy (non-hydrogen) atoms. The van der Waals surface area contributed by atoms with Gasteiger partial charge in [-0.25, -0.2) is 9.67 Å². The van der Waals surface area contributed by atoms with E-state index in [1.807, 2.05) is 7.05 Å². The van der Waals surface area contributed by atoms with E-state index in [9.17, 15) is 18.0 Å². The second-order valence-corrected chi connectivity index (χ2v) is 6.52. The van der Waals surface area contributed by atoms with E-state index < -0.39 is 17.6 Å². The third-order valence-corrected chi connectivity index (χ3v) is 4.39. The van der Waals surface area contributed by atoms with Crippen molar-refractivity contribution in [2.75, 3.05) is 5.32 Å². The first-order valence-electron chi connectivity index (χ1n) is 8.79. The first-order valence-corrected chi connectivity index (χ1v) is 8.79. The number of carbonyl (C=O) groups excluding carboxylic acids is 1. The number of nitrogens with zero attached hydrogens (tertiary/aromatic N) is 5. The van der Waals surface area contributed by atoms with E-state index in [0.29, 0.717) is 11.4 Å². The second-order valence-electron chi connectivity index (χ2n) is 6.52. The number of hydrogen-bond acceptors (Lipinski definition) is 4. The molecule has 0 spiro atoms. The summed E-state index contributed by atoms with van der Waals surface area (Å²) in [5.41, 5.74) is 1.45. The minimum atomic E-state index is -4.49. The maximum absolute atomic E-state index is 12.9. The summed E-state index contributed by atoms with van der Waals surface area (Å²) in [5.74, 6) is -0.539. The highest BCUT2D eigenvalue weighted by Crippen LogP contribution is 2.30. The summed E-state index contributed by atoms with van der Waals surface area (Å²) in [6.07, 6.45) is 0.514. The molecule has 0 aliphatic carbocycles. The van der Waals surface area contributed by atoms with E-state index in [4.69, 9.17) is 0 Å². The lowest BCUT2D eigenvalue weighted by Crippen LogP contribution is -2.13. The Morgan fingerprint density at radius 3 is 2.63 bits per heavy atom. The highest BCUT2D eigenvalue weighted by molar-refractivity contribution is 6.04. The Bertz CT molecular complexity index is 1210. The molecule has 4 aromatic rings. The number of benzene rings is 2. The lowest BCUT2D eigenvalue weighted by Gasteiger charge is -2.10. The smallest absolute Gasteiger partial charge is 0.332 e. The van der Waals surface area contributed by atoms with Gasteiger partial charge in [0.1, 0.15) is 5.69 Å². The van der Waals surface area contributed by atoms with Crippen LogP contribution in [0, 0.1) is 0 Å². The first-order chi connectivity index (χ1) is 14.3. The van der Waals surface area contributed by atoms with E-state index in [-0.39, 0.29) is 11.3 Å². The molecule has 0 saturated carbocycles. The van der Waals surface area contributed by atoms with E-state index in [1.54, 1.807) is 47.6 Å². The summed E-state index contributed by atoms with van der Waals surface area (Å²) in [4.78, 5) is 16.6. The van der Waals surface area contributed by atoms with Crippen LogP contribution in [0.5, 0.6) is 0 Å². The molecule has 0 fully saturated rings. The summed E-state index contributed by atoms with van der Waals surface area (Å²) in [7, 11) is 1.83. The maximum atomic E-state index is 12.9.